The molecule has 1 aromatic carbocycles. The van der Waals surface area contributed by atoms with Gasteiger partial charge in [0.1, 0.15) is 0 Å². The maximum atomic E-state index is 12.0. The minimum absolute atomic E-state index is 0.230. The van der Waals surface area contributed by atoms with Crippen molar-refractivity contribution in [3.05, 3.63) is 27.7 Å². The highest BCUT2D eigenvalue weighted by Gasteiger charge is 2.22. The number of ketones is 1. The van der Waals surface area contributed by atoms with Gasteiger partial charge in [-0.1, -0.05) is 6.07 Å². The van der Waals surface area contributed by atoms with Gasteiger partial charge >= 0.3 is 0 Å². The van der Waals surface area contributed by atoms with Crippen LogP contribution in [-0.2, 0) is 6.42 Å². The molecular weight excluding hydrogens is 294 g/mol. The second kappa shape index (κ2) is 4.72. The number of hydrogen-bond donors (Lipinski definition) is 2. The Hall–Kier alpha value is -1.36. The number of hydrogen-bond acceptors (Lipinski definition) is 4. The number of carbonyl (C=O) groups excluding carboxylic acids is 1. The van der Waals surface area contributed by atoms with Crippen LogP contribution in [0.3, 0.4) is 0 Å². The van der Waals surface area contributed by atoms with Crippen molar-refractivity contribution in [2.75, 3.05) is 18.4 Å². The van der Waals surface area contributed by atoms with Crippen molar-refractivity contribution in [1.82, 2.24) is 5.32 Å². The smallest absolute Gasteiger partial charge is 0.195 e. The first kappa shape index (κ1) is 11.7. The molecule has 18 heavy (non-hydrogen) atoms. The van der Waals surface area contributed by atoms with Crippen molar-refractivity contribution in [1.29, 1.82) is 0 Å². The number of fused-ring (bicyclic) bond motifs is 1. The number of nitrogens with one attached hydrogen (secondary N) is 2. The number of nitrogens with zero attached hydrogens (tertiary/aromatic N) is 1. The third-order valence-corrected chi connectivity index (χ3v) is 4.11. The van der Waals surface area contributed by atoms with Crippen LogP contribution in [0.1, 0.15) is 28.8 Å². The minimum atomic E-state index is 0.230. The van der Waals surface area contributed by atoms with Crippen LogP contribution in [0.4, 0.5) is 5.69 Å². The number of guanidine groups is 1. The van der Waals surface area contributed by atoms with Crippen LogP contribution in [0, 0.1) is 0 Å². The summed E-state index contributed by atoms with van der Waals surface area (Å²) in [5.41, 5.74) is 2.88. The molecule has 0 bridgehead atoms. The number of aryl methyl sites for hydroxylation is 1. The Balaban J connectivity index is 1.96. The SMILES string of the molecule is O=C1CCCc2ccc(NC3=NCCN3)c(Br)c21. The number of anilines is 1. The first-order valence-corrected chi connectivity index (χ1v) is 6.95. The highest BCUT2D eigenvalue weighted by molar-refractivity contribution is 9.10. The van der Waals surface area contributed by atoms with E-state index in [0.717, 1.165) is 53.2 Å². The zero-order valence-electron chi connectivity index (χ0n) is 9.92. The normalized spacial score (nSPS) is 18.1. The quantitative estimate of drug-likeness (QED) is 0.837. The molecule has 1 heterocycles. The number of rotatable bonds is 1. The fourth-order valence-corrected chi connectivity index (χ4v) is 3.10. The molecule has 4 nitrogen and oxygen atoms in total. The Kier molecular flexibility index (Phi) is 3.07. The number of carbonyl (C=O) groups is 1. The molecule has 1 aliphatic carbocycles. The fourth-order valence-electron chi connectivity index (χ4n) is 2.40. The lowest BCUT2D eigenvalue weighted by molar-refractivity contribution is 0.0972. The summed E-state index contributed by atoms with van der Waals surface area (Å²) in [6.07, 6.45) is 2.59. The molecule has 0 radical (unpaired) electrons. The van der Waals surface area contributed by atoms with Gasteiger partial charge in [-0.3, -0.25) is 9.79 Å². The van der Waals surface area contributed by atoms with E-state index in [2.05, 4.69) is 31.6 Å². The molecule has 0 unspecified atom stereocenters. The van der Waals surface area contributed by atoms with Crippen molar-refractivity contribution >= 4 is 33.4 Å². The highest BCUT2D eigenvalue weighted by Crippen LogP contribution is 2.33. The maximum Gasteiger partial charge on any atom is 0.195 e. The van der Waals surface area contributed by atoms with Crippen molar-refractivity contribution in [2.24, 2.45) is 4.99 Å². The first-order chi connectivity index (χ1) is 8.75. The topological polar surface area (TPSA) is 53.5 Å². The van der Waals surface area contributed by atoms with Crippen LogP contribution in [0.5, 0.6) is 0 Å². The molecule has 0 aromatic heterocycles. The van der Waals surface area contributed by atoms with Crippen molar-refractivity contribution in [3.8, 4) is 0 Å². The Morgan fingerprint density at radius 1 is 1.33 bits per heavy atom. The predicted molar refractivity (Wildman–Crippen MR) is 75.3 cm³/mol. The van der Waals surface area contributed by atoms with E-state index in [4.69, 9.17) is 0 Å². The summed E-state index contributed by atoms with van der Waals surface area (Å²) in [6, 6.07) is 4.04. The molecular formula is C13H14BrN3O. The number of halogens is 1. The average Bonchev–Trinajstić information content (AvgIpc) is 2.86. The molecule has 0 saturated heterocycles. The highest BCUT2D eigenvalue weighted by atomic mass is 79.9. The largest absolute Gasteiger partial charge is 0.354 e. The molecule has 3 rings (SSSR count). The summed E-state index contributed by atoms with van der Waals surface area (Å²) in [7, 11) is 0. The van der Waals surface area contributed by atoms with E-state index in [1.807, 2.05) is 12.1 Å². The van der Waals surface area contributed by atoms with Crippen LogP contribution >= 0.6 is 15.9 Å². The lowest BCUT2D eigenvalue weighted by atomic mass is 9.90. The summed E-state index contributed by atoms with van der Waals surface area (Å²) in [4.78, 5) is 16.3. The Labute approximate surface area is 114 Å². The third kappa shape index (κ3) is 2.03. The molecule has 1 aliphatic heterocycles. The van der Waals surface area contributed by atoms with Crippen LogP contribution in [-0.4, -0.2) is 24.8 Å². The monoisotopic (exact) mass is 307 g/mol. The third-order valence-electron chi connectivity index (χ3n) is 3.28. The summed E-state index contributed by atoms with van der Waals surface area (Å²) >= 11 is 3.55. The van der Waals surface area contributed by atoms with Gasteiger partial charge in [0, 0.05) is 18.5 Å². The van der Waals surface area contributed by atoms with Gasteiger partial charge in [-0.15, -0.1) is 0 Å². The Morgan fingerprint density at radius 2 is 2.22 bits per heavy atom. The van der Waals surface area contributed by atoms with Gasteiger partial charge < -0.3 is 10.6 Å². The van der Waals surface area contributed by atoms with E-state index < -0.39 is 0 Å². The van der Waals surface area contributed by atoms with Crippen molar-refractivity contribution < 1.29 is 4.79 Å². The van der Waals surface area contributed by atoms with E-state index >= 15 is 0 Å². The zero-order valence-corrected chi connectivity index (χ0v) is 11.5. The van der Waals surface area contributed by atoms with Gasteiger partial charge in [0.2, 0.25) is 0 Å². The molecule has 0 saturated carbocycles. The van der Waals surface area contributed by atoms with E-state index in [1.54, 1.807) is 0 Å². The molecule has 2 aliphatic rings. The summed E-state index contributed by atoms with van der Waals surface area (Å²) in [5.74, 6) is 1.01. The molecule has 0 amide bonds. The molecule has 0 atom stereocenters. The van der Waals surface area contributed by atoms with Gasteiger partial charge in [-0.05, 0) is 40.4 Å². The Morgan fingerprint density at radius 3 is 3.00 bits per heavy atom. The first-order valence-electron chi connectivity index (χ1n) is 6.15. The fraction of sp³-hybridized carbons (Fsp3) is 0.385. The van der Waals surface area contributed by atoms with Crippen LogP contribution in [0.15, 0.2) is 21.6 Å². The summed E-state index contributed by atoms with van der Waals surface area (Å²) < 4.78 is 0.862. The molecule has 94 valence electrons. The number of aliphatic imine (C=N–C) groups is 1. The standard InChI is InChI=1S/C13H14BrN3O/c14-12-9(17-13-15-6-7-16-13)5-4-8-2-1-3-10(18)11(8)12/h4-5H,1-3,6-7H2,(H2,15,16,17). The molecule has 0 spiro atoms. The number of Topliss-reactive ketones (excluding diaryl/α,β-unsaturated/α-hetero) is 1. The summed E-state index contributed by atoms with van der Waals surface area (Å²) in [6.45, 7) is 1.66. The van der Waals surface area contributed by atoms with Crippen LogP contribution in [0.2, 0.25) is 0 Å². The summed E-state index contributed by atoms with van der Waals surface area (Å²) in [5, 5.41) is 6.38. The second-order valence-electron chi connectivity index (χ2n) is 4.52. The zero-order chi connectivity index (χ0) is 12.5. The van der Waals surface area contributed by atoms with E-state index in [-0.39, 0.29) is 5.78 Å². The molecule has 5 heteroatoms. The number of benzene rings is 1. The van der Waals surface area contributed by atoms with E-state index in [1.165, 1.54) is 0 Å². The predicted octanol–water partition coefficient (Wildman–Crippen LogP) is 2.34. The molecule has 2 N–H and O–H groups in total. The van der Waals surface area contributed by atoms with Gasteiger partial charge in [-0.25, -0.2) is 0 Å². The Bertz CT molecular complexity index is 539. The lowest BCUT2D eigenvalue weighted by Gasteiger charge is -2.19. The van der Waals surface area contributed by atoms with E-state index in [9.17, 15) is 4.79 Å². The van der Waals surface area contributed by atoms with Gasteiger partial charge in [-0.2, -0.15) is 0 Å². The maximum absolute atomic E-state index is 12.0. The van der Waals surface area contributed by atoms with Gasteiger partial charge in [0.15, 0.2) is 11.7 Å². The lowest BCUT2D eigenvalue weighted by Crippen LogP contribution is -2.26. The average molecular weight is 308 g/mol. The van der Waals surface area contributed by atoms with Crippen LogP contribution in [0.25, 0.3) is 0 Å². The molecule has 0 fully saturated rings. The minimum Gasteiger partial charge on any atom is -0.354 e. The van der Waals surface area contributed by atoms with E-state index in [0.29, 0.717) is 6.42 Å². The van der Waals surface area contributed by atoms with Gasteiger partial charge in [0.05, 0.1) is 16.7 Å². The second-order valence-corrected chi connectivity index (χ2v) is 5.31. The molecule has 1 aromatic rings. The van der Waals surface area contributed by atoms with Crippen molar-refractivity contribution in [2.45, 2.75) is 19.3 Å². The van der Waals surface area contributed by atoms with Gasteiger partial charge in [0.25, 0.3) is 0 Å². The van der Waals surface area contributed by atoms with Crippen LogP contribution < -0.4 is 10.6 Å². The van der Waals surface area contributed by atoms with Crippen molar-refractivity contribution in [3.63, 3.8) is 0 Å².